The highest BCUT2D eigenvalue weighted by atomic mass is 79.9. The lowest BCUT2D eigenvalue weighted by molar-refractivity contribution is 0.128. The molecule has 4 N–H and O–H groups in total. The van der Waals surface area contributed by atoms with Crippen LogP contribution in [0.15, 0.2) is 34.8 Å². The van der Waals surface area contributed by atoms with E-state index in [1.807, 2.05) is 31.2 Å². The van der Waals surface area contributed by atoms with Crippen LogP contribution in [0.25, 0.3) is 0 Å². The molecule has 0 spiro atoms. The molecule has 0 aliphatic rings. The molecule has 0 fully saturated rings. The number of nitrogens with one attached hydrogen (secondary N) is 2. The second kappa shape index (κ2) is 7.18. The SMILES string of the molecule is CCOCc1nc(NN)cc(Nc2cccc(Br)c2)n1. The number of hydrogen-bond donors (Lipinski definition) is 3. The molecule has 0 aliphatic carbocycles. The summed E-state index contributed by atoms with van der Waals surface area (Å²) in [5.41, 5.74) is 3.45. The van der Waals surface area contributed by atoms with Gasteiger partial charge in [0.2, 0.25) is 0 Å². The molecule has 1 heterocycles. The molecule has 0 amide bonds. The lowest BCUT2D eigenvalue weighted by Gasteiger charge is -2.10. The minimum Gasteiger partial charge on any atom is -0.374 e. The maximum Gasteiger partial charge on any atom is 0.158 e. The fourth-order valence-corrected chi connectivity index (χ4v) is 2.01. The first kappa shape index (κ1) is 14.7. The van der Waals surface area contributed by atoms with Gasteiger partial charge in [0, 0.05) is 22.8 Å². The zero-order valence-corrected chi connectivity index (χ0v) is 12.6. The van der Waals surface area contributed by atoms with E-state index in [2.05, 4.69) is 36.6 Å². The number of hydrazine groups is 1. The van der Waals surface area contributed by atoms with Gasteiger partial charge >= 0.3 is 0 Å². The van der Waals surface area contributed by atoms with Crippen molar-refractivity contribution in [2.24, 2.45) is 5.84 Å². The van der Waals surface area contributed by atoms with Crippen molar-refractivity contribution >= 4 is 33.3 Å². The average Bonchev–Trinajstić information content (AvgIpc) is 2.45. The normalized spacial score (nSPS) is 10.3. The average molecular weight is 338 g/mol. The molecule has 6 nitrogen and oxygen atoms in total. The van der Waals surface area contributed by atoms with Gasteiger partial charge in [-0.3, -0.25) is 0 Å². The van der Waals surface area contributed by atoms with E-state index in [1.165, 1.54) is 0 Å². The van der Waals surface area contributed by atoms with E-state index in [0.29, 0.717) is 30.7 Å². The van der Waals surface area contributed by atoms with Crippen molar-refractivity contribution in [1.82, 2.24) is 9.97 Å². The summed E-state index contributed by atoms with van der Waals surface area (Å²) >= 11 is 3.43. The van der Waals surface area contributed by atoms with Crippen LogP contribution >= 0.6 is 15.9 Å². The third kappa shape index (κ3) is 4.16. The van der Waals surface area contributed by atoms with Crippen molar-refractivity contribution < 1.29 is 4.74 Å². The molecule has 2 rings (SSSR count). The highest BCUT2D eigenvalue weighted by molar-refractivity contribution is 9.10. The van der Waals surface area contributed by atoms with Crippen molar-refractivity contribution in [2.45, 2.75) is 13.5 Å². The molecule has 0 unspecified atom stereocenters. The Bertz CT molecular complexity index is 578. The third-order valence-electron chi connectivity index (χ3n) is 2.45. The summed E-state index contributed by atoms with van der Waals surface area (Å²) in [5, 5.41) is 3.20. The largest absolute Gasteiger partial charge is 0.374 e. The Kier molecular flexibility index (Phi) is 5.28. The molecule has 0 bridgehead atoms. The van der Waals surface area contributed by atoms with Gasteiger partial charge in [-0.1, -0.05) is 22.0 Å². The number of nitrogen functional groups attached to an aromatic ring is 1. The van der Waals surface area contributed by atoms with Crippen LogP contribution in [0, 0.1) is 0 Å². The second-order valence-corrected chi connectivity index (χ2v) is 4.89. The molecule has 0 saturated heterocycles. The number of anilines is 3. The Labute approximate surface area is 125 Å². The lowest BCUT2D eigenvalue weighted by Crippen LogP contribution is -2.12. The van der Waals surface area contributed by atoms with Gasteiger partial charge in [0.15, 0.2) is 5.82 Å². The first-order valence-electron chi connectivity index (χ1n) is 6.16. The molecule has 0 aliphatic heterocycles. The fourth-order valence-electron chi connectivity index (χ4n) is 1.61. The molecular weight excluding hydrogens is 322 g/mol. The predicted molar refractivity (Wildman–Crippen MR) is 82.6 cm³/mol. The summed E-state index contributed by atoms with van der Waals surface area (Å²) in [7, 11) is 0. The first-order valence-corrected chi connectivity index (χ1v) is 6.95. The summed E-state index contributed by atoms with van der Waals surface area (Å²) in [6, 6.07) is 9.54. The molecule has 1 aromatic heterocycles. The van der Waals surface area contributed by atoms with E-state index >= 15 is 0 Å². The van der Waals surface area contributed by atoms with E-state index in [0.717, 1.165) is 10.2 Å². The van der Waals surface area contributed by atoms with Crippen LogP contribution in [-0.4, -0.2) is 16.6 Å². The van der Waals surface area contributed by atoms with Gasteiger partial charge < -0.3 is 15.5 Å². The second-order valence-electron chi connectivity index (χ2n) is 3.97. The summed E-state index contributed by atoms with van der Waals surface area (Å²) in [6.07, 6.45) is 0. The number of rotatable bonds is 6. The van der Waals surface area contributed by atoms with Gasteiger partial charge in [0.05, 0.1) is 0 Å². The Morgan fingerprint density at radius 2 is 2.05 bits per heavy atom. The highest BCUT2D eigenvalue weighted by Gasteiger charge is 2.05. The van der Waals surface area contributed by atoms with E-state index in [4.69, 9.17) is 10.6 Å². The van der Waals surface area contributed by atoms with E-state index in [9.17, 15) is 0 Å². The minimum absolute atomic E-state index is 0.346. The highest BCUT2D eigenvalue weighted by Crippen LogP contribution is 2.20. The number of ether oxygens (including phenoxy) is 1. The zero-order chi connectivity index (χ0) is 14.4. The van der Waals surface area contributed by atoms with Crippen LogP contribution in [0.1, 0.15) is 12.7 Å². The molecule has 2 aromatic rings. The van der Waals surface area contributed by atoms with E-state index in [1.54, 1.807) is 6.07 Å². The van der Waals surface area contributed by atoms with Gasteiger partial charge in [-0.15, -0.1) is 0 Å². The quantitative estimate of drug-likeness (QED) is 0.555. The summed E-state index contributed by atoms with van der Waals surface area (Å²) in [4.78, 5) is 8.61. The van der Waals surface area contributed by atoms with E-state index in [-0.39, 0.29) is 0 Å². The van der Waals surface area contributed by atoms with Gasteiger partial charge in [0.1, 0.15) is 18.2 Å². The Morgan fingerprint density at radius 3 is 2.75 bits per heavy atom. The van der Waals surface area contributed by atoms with Crippen LogP contribution in [0.4, 0.5) is 17.3 Å². The van der Waals surface area contributed by atoms with Crippen LogP contribution in [0.2, 0.25) is 0 Å². The van der Waals surface area contributed by atoms with Crippen molar-refractivity contribution in [3.8, 4) is 0 Å². The van der Waals surface area contributed by atoms with Crippen molar-refractivity contribution in [3.05, 3.63) is 40.6 Å². The molecule has 0 atom stereocenters. The summed E-state index contributed by atoms with van der Waals surface area (Å²) < 4.78 is 6.30. The Morgan fingerprint density at radius 1 is 1.25 bits per heavy atom. The number of halogens is 1. The van der Waals surface area contributed by atoms with Crippen molar-refractivity contribution in [2.75, 3.05) is 17.3 Å². The Balaban J connectivity index is 2.21. The third-order valence-corrected chi connectivity index (χ3v) is 2.95. The smallest absolute Gasteiger partial charge is 0.158 e. The number of nitrogens with zero attached hydrogens (tertiary/aromatic N) is 2. The number of hydrogen-bond acceptors (Lipinski definition) is 6. The molecule has 0 radical (unpaired) electrons. The molecule has 1 aromatic carbocycles. The first-order chi connectivity index (χ1) is 9.71. The van der Waals surface area contributed by atoms with Gasteiger partial charge in [-0.25, -0.2) is 15.8 Å². The van der Waals surface area contributed by atoms with Gasteiger partial charge in [-0.05, 0) is 25.1 Å². The number of aromatic nitrogens is 2. The molecule has 7 heteroatoms. The monoisotopic (exact) mass is 337 g/mol. The van der Waals surface area contributed by atoms with Crippen molar-refractivity contribution in [1.29, 1.82) is 0 Å². The van der Waals surface area contributed by atoms with Crippen LogP contribution < -0.4 is 16.6 Å². The Hall–Kier alpha value is -1.70. The van der Waals surface area contributed by atoms with E-state index < -0.39 is 0 Å². The fraction of sp³-hybridized carbons (Fsp3) is 0.231. The van der Waals surface area contributed by atoms with Crippen molar-refractivity contribution in [3.63, 3.8) is 0 Å². The summed E-state index contributed by atoms with van der Waals surface area (Å²) in [5.74, 6) is 7.17. The van der Waals surface area contributed by atoms with Crippen LogP contribution in [0.3, 0.4) is 0 Å². The standard InChI is InChI=1S/C13H16BrN5O/c1-2-20-8-13-17-11(7-12(18-13)19-15)16-10-5-3-4-9(14)6-10/h3-7H,2,8,15H2,1H3,(H2,16,17,18,19). The van der Waals surface area contributed by atoms with Gasteiger partial charge in [-0.2, -0.15) is 0 Å². The molecule has 0 saturated carbocycles. The lowest BCUT2D eigenvalue weighted by atomic mass is 10.3. The maximum atomic E-state index is 5.42. The predicted octanol–water partition coefficient (Wildman–Crippen LogP) is 2.80. The zero-order valence-electron chi connectivity index (χ0n) is 11.1. The number of benzene rings is 1. The topological polar surface area (TPSA) is 85.1 Å². The van der Waals surface area contributed by atoms with Crippen LogP contribution in [0.5, 0.6) is 0 Å². The minimum atomic E-state index is 0.346. The van der Waals surface area contributed by atoms with Crippen LogP contribution in [-0.2, 0) is 11.3 Å². The molecular formula is C13H16BrN5O. The summed E-state index contributed by atoms with van der Waals surface area (Å²) in [6.45, 7) is 2.88. The molecule has 20 heavy (non-hydrogen) atoms. The number of nitrogens with two attached hydrogens (primary N) is 1. The maximum absolute atomic E-state index is 5.42. The van der Waals surface area contributed by atoms with Gasteiger partial charge in [0.25, 0.3) is 0 Å². The molecule has 106 valence electrons.